The molecule has 0 atom stereocenters. The van der Waals surface area contributed by atoms with Crippen molar-refractivity contribution >= 4 is 23.0 Å². The Labute approximate surface area is 152 Å². The fourth-order valence-electron chi connectivity index (χ4n) is 3.21. The molecule has 1 saturated carbocycles. The Bertz CT molecular complexity index is 779. The fourth-order valence-corrected chi connectivity index (χ4v) is 3.21. The molecule has 3 N–H and O–H groups in total. The second-order valence-electron chi connectivity index (χ2n) is 7.03. The summed E-state index contributed by atoms with van der Waals surface area (Å²) in [5.74, 6) is -0.123. The maximum atomic E-state index is 12.1. The van der Waals surface area contributed by atoms with Gasteiger partial charge in [-0.15, -0.1) is 5.10 Å². The van der Waals surface area contributed by atoms with Crippen LogP contribution < -0.4 is 16.0 Å². The molecule has 2 aromatic rings. The van der Waals surface area contributed by atoms with E-state index in [1.807, 2.05) is 19.9 Å². The van der Waals surface area contributed by atoms with E-state index in [0.29, 0.717) is 30.2 Å². The second-order valence-corrected chi connectivity index (χ2v) is 7.03. The van der Waals surface area contributed by atoms with Gasteiger partial charge < -0.3 is 16.0 Å². The minimum Gasteiger partial charge on any atom is -0.350 e. The summed E-state index contributed by atoms with van der Waals surface area (Å²) in [5, 5.41) is 17.0. The lowest BCUT2D eigenvalue weighted by Gasteiger charge is -2.13. The van der Waals surface area contributed by atoms with Crippen LogP contribution in [0.2, 0.25) is 0 Å². The molecule has 1 aromatic carbocycles. The third kappa shape index (κ3) is 4.50. The fraction of sp³-hybridized carbons (Fsp3) is 0.556. The number of urea groups is 1. The van der Waals surface area contributed by atoms with Gasteiger partial charge in [-0.1, -0.05) is 18.1 Å². The van der Waals surface area contributed by atoms with Gasteiger partial charge in [0.2, 0.25) is 0 Å². The van der Waals surface area contributed by atoms with Gasteiger partial charge in [-0.3, -0.25) is 4.79 Å². The van der Waals surface area contributed by atoms with Crippen LogP contribution in [0.1, 0.15) is 49.9 Å². The smallest absolute Gasteiger partial charge is 0.315 e. The first-order valence-corrected chi connectivity index (χ1v) is 9.21. The highest BCUT2D eigenvalue weighted by Gasteiger charge is 2.16. The van der Waals surface area contributed by atoms with Crippen LogP contribution in [-0.2, 0) is 6.54 Å². The largest absolute Gasteiger partial charge is 0.350 e. The molecule has 0 spiro atoms. The molecule has 0 radical (unpaired) electrons. The van der Waals surface area contributed by atoms with Crippen LogP contribution in [0.25, 0.3) is 11.0 Å². The number of hydrogen-bond donors (Lipinski definition) is 3. The number of benzene rings is 1. The molecular formula is C18H26N6O2. The van der Waals surface area contributed by atoms with Gasteiger partial charge in [0.15, 0.2) is 0 Å². The molecule has 1 aromatic heterocycles. The third-order valence-electron chi connectivity index (χ3n) is 4.50. The number of aromatic nitrogens is 3. The van der Waals surface area contributed by atoms with Crippen LogP contribution in [0, 0.1) is 0 Å². The standard InChI is InChI=1S/C18H26N6O2/c1-12(2)20-17(25)13-7-8-16-15(11-13)22-23-24(16)10-9-19-18(26)21-14-5-3-4-6-14/h7-8,11-12,14H,3-6,9-10H2,1-2H3,(H,20,25)(H2,19,21,26). The zero-order valence-corrected chi connectivity index (χ0v) is 15.3. The highest BCUT2D eigenvalue weighted by atomic mass is 16.2. The van der Waals surface area contributed by atoms with Crippen molar-refractivity contribution in [2.45, 2.75) is 58.2 Å². The van der Waals surface area contributed by atoms with Gasteiger partial charge in [0, 0.05) is 24.2 Å². The Kier molecular flexibility index (Phi) is 5.70. The van der Waals surface area contributed by atoms with Crippen molar-refractivity contribution in [2.75, 3.05) is 6.54 Å². The second kappa shape index (κ2) is 8.16. The third-order valence-corrected chi connectivity index (χ3v) is 4.50. The van der Waals surface area contributed by atoms with Crippen molar-refractivity contribution in [3.63, 3.8) is 0 Å². The molecule has 3 rings (SSSR count). The van der Waals surface area contributed by atoms with Gasteiger partial charge in [-0.2, -0.15) is 0 Å². The van der Waals surface area contributed by atoms with Crippen molar-refractivity contribution in [1.29, 1.82) is 0 Å². The summed E-state index contributed by atoms with van der Waals surface area (Å²) >= 11 is 0. The minimum atomic E-state index is -0.131. The number of fused-ring (bicyclic) bond motifs is 1. The van der Waals surface area contributed by atoms with E-state index >= 15 is 0 Å². The molecule has 0 saturated heterocycles. The highest BCUT2D eigenvalue weighted by molar-refractivity contribution is 5.97. The number of carbonyl (C=O) groups excluding carboxylic acids is 2. The molecule has 0 bridgehead atoms. The highest BCUT2D eigenvalue weighted by Crippen LogP contribution is 2.17. The molecule has 1 heterocycles. The van der Waals surface area contributed by atoms with E-state index in [4.69, 9.17) is 0 Å². The van der Waals surface area contributed by atoms with Crippen molar-refractivity contribution in [3.05, 3.63) is 23.8 Å². The van der Waals surface area contributed by atoms with Crippen molar-refractivity contribution in [1.82, 2.24) is 30.9 Å². The van der Waals surface area contributed by atoms with Crippen molar-refractivity contribution in [3.8, 4) is 0 Å². The zero-order valence-electron chi connectivity index (χ0n) is 15.3. The van der Waals surface area contributed by atoms with E-state index in [0.717, 1.165) is 18.4 Å². The van der Waals surface area contributed by atoms with E-state index in [1.165, 1.54) is 12.8 Å². The Morgan fingerprint density at radius 3 is 2.77 bits per heavy atom. The first-order chi connectivity index (χ1) is 12.5. The molecule has 1 fully saturated rings. The van der Waals surface area contributed by atoms with Crippen LogP contribution in [0.15, 0.2) is 18.2 Å². The first-order valence-electron chi connectivity index (χ1n) is 9.21. The van der Waals surface area contributed by atoms with E-state index in [2.05, 4.69) is 26.3 Å². The molecule has 140 valence electrons. The number of carbonyl (C=O) groups is 2. The van der Waals surface area contributed by atoms with Crippen molar-refractivity contribution < 1.29 is 9.59 Å². The van der Waals surface area contributed by atoms with Crippen molar-refractivity contribution in [2.24, 2.45) is 0 Å². The predicted molar refractivity (Wildman–Crippen MR) is 98.9 cm³/mol. The summed E-state index contributed by atoms with van der Waals surface area (Å²) in [6.45, 7) is 4.82. The number of amides is 3. The summed E-state index contributed by atoms with van der Waals surface area (Å²) < 4.78 is 1.73. The Morgan fingerprint density at radius 2 is 2.04 bits per heavy atom. The summed E-state index contributed by atoms with van der Waals surface area (Å²) in [6, 6.07) is 5.59. The molecule has 8 heteroatoms. The van der Waals surface area contributed by atoms with Gasteiger partial charge in [0.05, 0.1) is 12.1 Å². The SMILES string of the molecule is CC(C)NC(=O)c1ccc2c(c1)nnn2CCNC(=O)NC1CCCC1. The lowest BCUT2D eigenvalue weighted by molar-refractivity contribution is 0.0943. The first kappa shape index (κ1) is 18.2. The normalized spacial score (nSPS) is 14.7. The van der Waals surface area contributed by atoms with Crippen LogP contribution in [0.5, 0.6) is 0 Å². The van der Waals surface area contributed by atoms with Gasteiger partial charge in [0.25, 0.3) is 5.91 Å². The van der Waals surface area contributed by atoms with E-state index in [9.17, 15) is 9.59 Å². The van der Waals surface area contributed by atoms with E-state index in [1.54, 1.807) is 16.8 Å². The molecular weight excluding hydrogens is 332 g/mol. The van der Waals surface area contributed by atoms with Crippen LogP contribution >= 0.6 is 0 Å². The predicted octanol–water partition coefficient (Wildman–Crippen LogP) is 1.81. The number of hydrogen-bond acceptors (Lipinski definition) is 4. The molecule has 26 heavy (non-hydrogen) atoms. The topological polar surface area (TPSA) is 101 Å². The lowest BCUT2D eigenvalue weighted by Crippen LogP contribution is -2.42. The van der Waals surface area contributed by atoms with Crippen LogP contribution in [-0.4, -0.2) is 45.6 Å². The number of rotatable bonds is 6. The number of nitrogens with one attached hydrogen (secondary N) is 3. The monoisotopic (exact) mass is 358 g/mol. The van der Waals surface area contributed by atoms with Gasteiger partial charge in [-0.05, 0) is 44.9 Å². The van der Waals surface area contributed by atoms with Gasteiger partial charge >= 0.3 is 6.03 Å². The summed E-state index contributed by atoms with van der Waals surface area (Å²) in [4.78, 5) is 24.0. The molecule has 3 amide bonds. The maximum Gasteiger partial charge on any atom is 0.315 e. The van der Waals surface area contributed by atoms with E-state index in [-0.39, 0.29) is 18.0 Å². The molecule has 1 aliphatic rings. The maximum absolute atomic E-state index is 12.1. The van der Waals surface area contributed by atoms with Crippen LogP contribution in [0.4, 0.5) is 4.79 Å². The molecule has 0 unspecified atom stereocenters. The molecule has 0 aliphatic heterocycles. The average Bonchev–Trinajstić information content (AvgIpc) is 3.23. The van der Waals surface area contributed by atoms with Gasteiger partial charge in [-0.25, -0.2) is 9.48 Å². The average molecular weight is 358 g/mol. The molecule has 1 aliphatic carbocycles. The van der Waals surface area contributed by atoms with Gasteiger partial charge in [0.1, 0.15) is 5.52 Å². The minimum absolute atomic E-state index is 0.0790. The Morgan fingerprint density at radius 1 is 1.27 bits per heavy atom. The number of nitrogens with zero attached hydrogens (tertiary/aromatic N) is 3. The lowest BCUT2D eigenvalue weighted by atomic mass is 10.2. The Balaban J connectivity index is 1.55. The summed E-state index contributed by atoms with van der Waals surface area (Å²) in [6.07, 6.45) is 4.50. The Hall–Kier alpha value is -2.64. The summed E-state index contributed by atoms with van der Waals surface area (Å²) in [7, 11) is 0. The molecule has 8 nitrogen and oxygen atoms in total. The van der Waals surface area contributed by atoms with E-state index < -0.39 is 0 Å². The quantitative estimate of drug-likeness (QED) is 0.733. The van der Waals surface area contributed by atoms with Crippen LogP contribution in [0.3, 0.4) is 0 Å². The summed E-state index contributed by atoms with van der Waals surface area (Å²) in [5.41, 5.74) is 2.06. The zero-order chi connectivity index (χ0) is 18.5.